The van der Waals surface area contributed by atoms with Crippen molar-refractivity contribution >= 4 is 39.0 Å². The van der Waals surface area contributed by atoms with Gasteiger partial charge >= 0.3 is 0 Å². The van der Waals surface area contributed by atoms with Gasteiger partial charge in [-0.1, -0.05) is 27.5 Å². The molecule has 0 spiro atoms. The summed E-state index contributed by atoms with van der Waals surface area (Å²) in [6, 6.07) is 7.34. The maximum atomic E-state index is 8.89. The molecule has 0 aliphatic rings. The zero-order valence-corrected chi connectivity index (χ0v) is 10.8. The van der Waals surface area contributed by atoms with Crippen molar-refractivity contribution < 1.29 is 0 Å². The lowest BCUT2D eigenvalue weighted by Crippen LogP contribution is -1.99. The van der Waals surface area contributed by atoms with Crippen molar-refractivity contribution in [2.45, 2.75) is 0 Å². The molecule has 84 valence electrons. The number of halogens is 2. The van der Waals surface area contributed by atoms with Crippen molar-refractivity contribution in [2.24, 2.45) is 0 Å². The molecule has 0 unspecified atom stereocenters. The van der Waals surface area contributed by atoms with E-state index in [1.54, 1.807) is 12.1 Å². The molecule has 6 heteroatoms. The maximum absolute atomic E-state index is 8.89. The summed E-state index contributed by atoms with van der Waals surface area (Å²) in [5.74, 6) is 0.384. The Morgan fingerprint density at radius 2 is 2.06 bits per heavy atom. The number of aromatic nitrogens is 2. The fourth-order valence-electron chi connectivity index (χ4n) is 1.23. The largest absolute Gasteiger partial charge is 0.337 e. The zero-order valence-electron chi connectivity index (χ0n) is 8.48. The molecular weight excluding hydrogens is 304 g/mol. The van der Waals surface area contributed by atoms with E-state index in [-0.39, 0.29) is 5.69 Å². The Kier molecular flexibility index (Phi) is 3.57. The van der Waals surface area contributed by atoms with Crippen molar-refractivity contribution in [2.75, 3.05) is 5.32 Å². The molecule has 1 aromatic heterocycles. The van der Waals surface area contributed by atoms with Crippen LogP contribution in [-0.4, -0.2) is 9.97 Å². The highest BCUT2D eigenvalue weighted by molar-refractivity contribution is 9.10. The van der Waals surface area contributed by atoms with Crippen LogP contribution in [0.3, 0.4) is 0 Å². The Labute approximate surface area is 111 Å². The Bertz CT molecular complexity index is 594. The smallest absolute Gasteiger partial charge is 0.183 e. The maximum Gasteiger partial charge on any atom is 0.183 e. The third-order valence-corrected chi connectivity index (χ3v) is 2.81. The second-order valence-electron chi connectivity index (χ2n) is 3.11. The molecule has 2 rings (SSSR count). The lowest BCUT2D eigenvalue weighted by molar-refractivity contribution is 1.16. The van der Waals surface area contributed by atoms with Gasteiger partial charge in [0.1, 0.15) is 6.07 Å². The van der Waals surface area contributed by atoms with Gasteiger partial charge in [-0.05, 0) is 18.2 Å². The summed E-state index contributed by atoms with van der Waals surface area (Å²) in [6.45, 7) is 0. The molecule has 0 saturated carbocycles. The molecule has 0 radical (unpaired) electrons. The second-order valence-corrected chi connectivity index (χ2v) is 4.44. The van der Waals surface area contributed by atoms with Crippen LogP contribution in [-0.2, 0) is 0 Å². The minimum Gasteiger partial charge on any atom is -0.337 e. The first kappa shape index (κ1) is 11.8. The summed E-state index contributed by atoms with van der Waals surface area (Å²) in [5.41, 5.74) is 0.890. The molecule has 0 aliphatic heterocycles. The molecule has 0 atom stereocenters. The highest BCUT2D eigenvalue weighted by Crippen LogP contribution is 2.28. The van der Waals surface area contributed by atoms with Crippen molar-refractivity contribution in [3.63, 3.8) is 0 Å². The van der Waals surface area contributed by atoms with Crippen LogP contribution < -0.4 is 5.32 Å². The van der Waals surface area contributed by atoms with Gasteiger partial charge in [0.15, 0.2) is 11.5 Å². The monoisotopic (exact) mass is 308 g/mol. The van der Waals surface area contributed by atoms with E-state index in [0.717, 1.165) is 4.47 Å². The van der Waals surface area contributed by atoms with E-state index in [1.165, 1.54) is 12.4 Å². The summed E-state index contributed by atoms with van der Waals surface area (Å²) in [4.78, 5) is 7.95. The van der Waals surface area contributed by atoms with E-state index in [1.807, 2.05) is 12.1 Å². The van der Waals surface area contributed by atoms with Gasteiger partial charge in [0.2, 0.25) is 0 Å². The Morgan fingerprint density at radius 3 is 2.82 bits per heavy atom. The highest BCUT2D eigenvalue weighted by Gasteiger charge is 2.07. The Hall–Kier alpha value is -1.64. The first-order valence-electron chi connectivity index (χ1n) is 4.64. The van der Waals surface area contributed by atoms with Crippen LogP contribution in [0.1, 0.15) is 5.69 Å². The van der Waals surface area contributed by atoms with Gasteiger partial charge in [-0.25, -0.2) is 9.97 Å². The number of hydrogen-bond acceptors (Lipinski definition) is 4. The number of nitrogens with zero attached hydrogens (tertiary/aromatic N) is 3. The molecule has 0 bridgehead atoms. The van der Waals surface area contributed by atoms with Crippen molar-refractivity contribution in [1.82, 2.24) is 9.97 Å². The number of benzene rings is 1. The van der Waals surface area contributed by atoms with Crippen LogP contribution in [0.25, 0.3) is 0 Å². The fraction of sp³-hybridized carbons (Fsp3) is 0. The quantitative estimate of drug-likeness (QED) is 0.922. The highest BCUT2D eigenvalue weighted by atomic mass is 79.9. The SMILES string of the molecule is N#Cc1nccnc1Nc1cc(Br)ccc1Cl. The van der Waals surface area contributed by atoms with Crippen molar-refractivity contribution in [3.8, 4) is 6.07 Å². The molecule has 2 aromatic rings. The Balaban J connectivity index is 2.38. The van der Waals surface area contributed by atoms with E-state index < -0.39 is 0 Å². The van der Waals surface area contributed by atoms with Gasteiger partial charge in [0.25, 0.3) is 0 Å². The fourth-order valence-corrected chi connectivity index (χ4v) is 1.76. The van der Waals surface area contributed by atoms with Gasteiger partial charge in [-0.3, -0.25) is 0 Å². The van der Waals surface area contributed by atoms with Crippen LogP contribution >= 0.6 is 27.5 Å². The van der Waals surface area contributed by atoms with Crippen LogP contribution in [0.15, 0.2) is 35.1 Å². The predicted molar refractivity (Wildman–Crippen MR) is 69.2 cm³/mol. The minimum absolute atomic E-state index is 0.226. The zero-order chi connectivity index (χ0) is 12.3. The molecule has 4 nitrogen and oxygen atoms in total. The average Bonchev–Trinajstić information content (AvgIpc) is 2.34. The van der Waals surface area contributed by atoms with Crippen molar-refractivity contribution in [1.29, 1.82) is 5.26 Å². The van der Waals surface area contributed by atoms with E-state index in [2.05, 4.69) is 31.2 Å². The molecule has 0 amide bonds. The van der Waals surface area contributed by atoms with E-state index >= 15 is 0 Å². The van der Waals surface area contributed by atoms with E-state index in [9.17, 15) is 0 Å². The summed E-state index contributed by atoms with van der Waals surface area (Å²) < 4.78 is 0.881. The first-order valence-corrected chi connectivity index (χ1v) is 5.81. The third-order valence-electron chi connectivity index (χ3n) is 1.99. The van der Waals surface area contributed by atoms with Gasteiger partial charge in [-0.2, -0.15) is 5.26 Å². The van der Waals surface area contributed by atoms with E-state index in [4.69, 9.17) is 16.9 Å². The average molecular weight is 310 g/mol. The third kappa shape index (κ3) is 2.73. The first-order chi connectivity index (χ1) is 8.20. The standard InChI is InChI=1S/C11H6BrClN4/c12-7-1-2-8(13)9(5-7)17-11-10(6-14)15-3-4-16-11/h1-5H,(H,16,17). The number of rotatable bonds is 2. The van der Waals surface area contributed by atoms with Crippen LogP contribution in [0.5, 0.6) is 0 Å². The molecule has 0 saturated heterocycles. The molecule has 0 aliphatic carbocycles. The lowest BCUT2D eigenvalue weighted by Gasteiger charge is -2.08. The topological polar surface area (TPSA) is 61.6 Å². The second kappa shape index (κ2) is 5.13. The number of anilines is 2. The molecule has 17 heavy (non-hydrogen) atoms. The van der Waals surface area contributed by atoms with Crippen LogP contribution in [0.2, 0.25) is 5.02 Å². The lowest BCUT2D eigenvalue weighted by atomic mass is 10.3. The van der Waals surface area contributed by atoms with Gasteiger partial charge in [0, 0.05) is 16.9 Å². The summed E-state index contributed by atoms with van der Waals surface area (Å²) >= 11 is 9.37. The van der Waals surface area contributed by atoms with Gasteiger partial charge in [0.05, 0.1) is 10.7 Å². The normalized spacial score (nSPS) is 9.71. The predicted octanol–water partition coefficient (Wildman–Crippen LogP) is 3.51. The summed E-state index contributed by atoms with van der Waals surface area (Å²) in [7, 11) is 0. The number of nitriles is 1. The van der Waals surface area contributed by atoms with Gasteiger partial charge in [-0.15, -0.1) is 0 Å². The number of hydrogen-bond donors (Lipinski definition) is 1. The molecule has 1 N–H and O–H groups in total. The molecule has 1 heterocycles. The molecule has 1 aromatic carbocycles. The van der Waals surface area contributed by atoms with Crippen LogP contribution in [0, 0.1) is 11.3 Å². The van der Waals surface area contributed by atoms with Crippen LogP contribution in [0.4, 0.5) is 11.5 Å². The molecular formula is C11H6BrClN4. The summed E-state index contributed by atoms with van der Waals surface area (Å²) in [6.07, 6.45) is 2.97. The molecule has 0 fully saturated rings. The van der Waals surface area contributed by atoms with Gasteiger partial charge < -0.3 is 5.32 Å². The summed E-state index contributed by atoms with van der Waals surface area (Å²) in [5, 5.41) is 12.4. The van der Waals surface area contributed by atoms with Crippen molar-refractivity contribution in [3.05, 3.63) is 45.8 Å². The number of nitrogens with one attached hydrogen (secondary N) is 1. The van der Waals surface area contributed by atoms with E-state index in [0.29, 0.717) is 16.5 Å². The Morgan fingerprint density at radius 1 is 1.29 bits per heavy atom. The minimum atomic E-state index is 0.226.